The van der Waals surface area contributed by atoms with E-state index in [1.54, 1.807) is 29.2 Å². The predicted octanol–water partition coefficient (Wildman–Crippen LogP) is 4.10. The van der Waals surface area contributed by atoms with E-state index in [1.165, 1.54) is 4.31 Å². The van der Waals surface area contributed by atoms with Gasteiger partial charge in [-0.05, 0) is 75.4 Å². The van der Waals surface area contributed by atoms with Crippen molar-refractivity contribution in [2.75, 3.05) is 25.0 Å². The normalized spacial score (nSPS) is 19.9. The lowest BCUT2D eigenvalue weighted by molar-refractivity contribution is -0.141. The maximum absolute atomic E-state index is 13.3. The molecule has 7 nitrogen and oxygen atoms in total. The number of anilines is 1. The second kappa shape index (κ2) is 10.2. The Morgan fingerprint density at radius 2 is 1.65 bits per heavy atom. The average molecular weight is 549 g/mol. The van der Waals surface area contributed by atoms with Crippen LogP contribution in [-0.2, 0) is 19.6 Å². The van der Waals surface area contributed by atoms with Crippen molar-refractivity contribution in [3.63, 3.8) is 0 Å². The van der Waals surface area contributed by atoms with Gasteiger partial charge in [0.25, 0.3) is 0 Å². The smallest absolute Gasteiger partial charge is 0.247 e. The van der Waals surface area contributed by atoms with E-state index < -0.39 is 16.1 Å². The molecule has 2 amide bonds. The number of rotatable bonds is 5. The Hall–Kier alpha value is -2.23. The van der Waals surface area contributed by atoms with Gasteiger partial charge in [-0.2, -0.15) is 4.31 Å². The zero-order chi connectivity index (χ0) is 24.5. The molecule has 1 N–H and O–H groups in total. The molecule has 0 aromatic heterocycles. The van der Waals surface area contributed by atoms with Crippen LogP contribution in [0.3, 0.4) is 0 Å². The third-order valence-electron chi connectivity index (χ3n) is 6.73. The van der Waals surface area contributed by atoms with Crippen LogP contribution in [-0.4, -0.2) is 55.1 Å². The number of likely N-dealkylation sites (tertiary alicyclic amines) is 1. The van der Waals surface area contributed by atoms with Crippen LogP contribution in [0.15, 0.2) is 51.8 Å². The first-order valence-corrected chi connectivity index (χ1v) is 13.8. The second-order valence-corrected chi connectivity index (χ2v) is 11.9. The van der Waals surface area contributed by atoms with Crippen molar-refractivity contribution in [3.05, 3.63) is 58.1 Å². The number of sulfonamides is 1. The zero-order valence-corrected chi connectivity index (χ0v) is 21.9. The molecule has 0 aliphatic carbocycles. The minimum atomic E-state index is -3.57. The number of hydrogen-bond acceptors (Lipinski definition) is 4. The van der Waals surface area contributed by atoms with E-state index in [-0.39, 0.29) is 22.6 Å². The first kappa shape index (κ1) is 24.9. The summed E-state index contributed by atoms with van der Waals surface area (Å²) < 4.78 is 28.4. The van der Waals surface area contributed by atoms with Crippen LogP contribution < -0.4 is 5.32 Å². The minimum Gasteiger partial charge on any atom is -0.330 e. The topological polar surface area (TPSA) is 86.8 Å². The van der Waals surface area contributed by atoms with Gasteiger partial charge in [0.1, 0.15) is 6.04 Å². The maximum Gasteiger partial charge on any atom is 0.247 e. The van der Waals surface area contributed by atoms with Crippen molar-refractivity contribution in [2.45, 2.75) is 50.5 Å². The molecule has 2 fully saturated rings. The Morgan fingerprint density at radius 1 is 0.971 bits per heavy atom. The van der Waals surface area contributed by atoms with E-state index in [2.05, 4.69) is 21.2 Å². The van der Waals surface area contributed by atoms with E-state index in [1.807, 2.05) is 32.0 Å². The number of hydrogen-bond donors (Lipinski definition) is 1. The number of nitrogens with one attached hydrogen (secondary N) is 1. The lowest BCUT2D eigenvalue weighted by atomic mass is 9.96. The quantitative estimate of drug-likeness (QED) is 0.610. The van der Waals surface area contributed by atoms with Gasteiger partial charge in [-0.25, -0.2) is 8.42 Å². The first-order valence-electron chi connectivity index (χ1n) is 11.6. The fourth-order valence-corrected chi connectivity index (χ4v) is 6.40. The molecule has 0 unspecified atom stereocenters. The Morgan fingerprint density at radius 3 is 2.29 bits per heavy atom. The summed E-state index contributed by atoms with van der Waals surface area (Å²) in [5.74, 6) is -0.489. The number of aryl methyl sites for hydroxylation is 2. The van der Waals surface area contributed by atoms with E-state index in [9.17, 15) is 18.0 Å². The molecule has 0 bridgehead atoms. The number of nitrogens with zero attached hydrogens (tertiary/aromatic N) is 2. The number of amides is 2. The highest BCUT2D eigenvalue weighted by molar-refractivity contribution is 9.10. The summed E-state index contributed by atoms with van der Waals surface area (Å²) >= 11 is 3.46. The van der Waals surface area contributed by atoms with Crippen LogP contribution >= 0.6 is 15.9 Å². The van der Waals surface area contributed by atoms with Crippen LogP contribution in [0.1, 0.15) is 36.8 Å². The summed E-state index contributed by atoms with van der Waals surface area (Å²) in [5.41, 5.74) is 2.73. The Bertz CT molecular complexity index is 1180. The molecule has 0 saturated carbocycles. The summed E-state index contributed by atoms with van der Waals surface area (Å²) in [6.07, 6.45) is 2.33. The number of halogens is 1. The summed E-state index contributed by atoms with van der Waals surface area (Å²) in [6, 6.07) is 12.0. The van der Waals surface area contributed by atoms with Gasteiger partial charge in [-0.15, -0.1) is 0 Å². The molecular weight excluding hydrogens is 518 g/mol. The third kappa shape index (κ3) is 5.21. The van der Waals surface area contributed by atoms with Gasteiger partial charge in [0.05, 0.1) is 4.90 Å². The van der Waals surface area contributed by atoms with E-state index in [4.69, 9.17) is 0 Å². The van der Waals surface area contributed by atoms with Gasteiger partial charge in [-0.3, -0.25) is 9.59 Å². The highest BCUT2D eigenvalue weighted by Crippen LogP contribution is 2.29. The highest BCUT2D eigenvalue weighted by atomic mass is 79.9. The van der Waals surface area contributed by atoms with Gasteiger partial charge in [0.15, 0.2) is 0 Å². The Labute approximate surface area is 209 Å². The third-order valence-corrected chi connectivity index (χ3v) is 9.53. The molecule has 4 rings (SSSR count). The molecule has 1 atom stereocenters. The summed E-state index contributed by atoms with van der Waals surface area (Å²) in [6.45, 7) is 5.03. The molecule has 2 aromatic rings. The van der Waals surface area contributed by atoms with Gasteiger partial charge >= 0.3 is 0 Å². The fraction of sp³-hybridized carbons (Fsp3) is 0.440. The van der Waals surface area contributed by atoms with Crippen LogP contribution in [0.5, 0.6) is 0 Å². The van der Waals surface area contributed by atoms with Gasteiger partial charge in [0.2, 0.25) is 21.8 Å². The molecule has 9 heteroatoms. The van der Waals surface area contributed by atoms with Crippen molar-refractivity contribution in [2.24, 2.45) is 5.92 Å². The predicted molar refractivity (Wildman–Crippen MR) is 135 cm³/mol. The molecule has 2 aromatic carbocycles. The fourth-order valence-electron chi connectivity index (χ4n) is 4.69. The summed E-state index contributed by atoms with van der Waals surface area (Å²) in [4.78, 5) is 28.2. The molecule has 0 spiro atoms. The van der Waals surface area contributed by atoms with Crippen molar-refractivity contribution in [1.82, 2.24) is 9.21 Å². The van der Waals surface area contributed by atoms with Gasteiger partial charge in [-0.1, -0.05) is 33.6 Å². The van der Waals surface area contributed by atoms with Crippen molar-refractivity contribution in [3.8, 4) is 0 Å². The number of carbonyl (C=O) groups excluding carboxylic acids is 2. The maximum atomic E-state index is 13.3. The van der Waals surface area contributed by atoms with Crippen molar-refractivity contribution in [1.29, 1.82) is 0 Å². The number of carbonyl (C=O) groups is 2. The molecular formula is C25H30BrN3O4S. The molecule has 2 saturated heterocycles. The zero-order valence-electron chi connectivity index (χ0n) is 19.5. The Kier molecular flexibility index (Phi) is 7.45. The van der Waals surface area contributed by atoms with E-state index in [0.29, 0.717) is 44.6 Å². The summed E-state index contributed by atoms with van der Waals surface area (Å²) in [5, 5.41) is 2.95. The Balaban J connectivity index is 1.37. The second-order valence-electron chi connectivity index (χ2n) is 9.13. The SMILES string of the molecule is Cc1ccc(S(=O)(=O)N2CCC(C(=O)N3CCC[C@@H]3C(=O)Nc3ccc(Br)c(C)c3)CC2)cc1. The van der Waals surface area contributed by atoms with E-state index >= 15 is 0 Å². The van der Waals surface area contributed by atoms with Crippen LogP contribution in [0, 0.1) is 19.8 Å². The molecule has 0 radical (unpaired) electrons. The number of piperidine rings is 1. The van der Waals surface area contributed by atoms with Crippen molar-refractivity contribution >= 4 is 43.5 Å². The molecule has 34 heavy (non-hydrogen) atoms. The molecule has 2 heterocycles. The first-order chi connectivity index (χ1) is 16.2. The van der Waals surface area contributed by atoms with Gasteiger partial charge < -0.3 is 10.2 Å². The molecule has 2 aliphatic heterocycles. The van der Waals surface area contributed by atoms with Crippen molar-refractivity contribution < 1.29 is 18.0 Å². The number of benzene rings is 2. The summed E-state index contributed by atoms with van der Waals surface area (Å²) in [7, 11) is -3.57. The lowest BCUT2D eigenvalue weighted by Crippen LogP contribution is -2.48. The highest BCUT2D eigenvalue weighted by Gasteiger charge is 2.39. The monoisotopic (exact) mass is 547 g/mol. The molecule has 182 valence electrons. The van der Waals surface area contributed by atoms with Crippen LogP contribution in [0.4, 0.5) is 5.69 Å². The van der Waals surface area contributed by atoms with Crippen LogP contribution in [0.2, 0.25) is 0 Å². The largest absolute Gasteiger partial charge is 0.330 e. The standard InChI is InChI=1S/C25H30BrN3O4S/c1-17-5-8-21(9-6-17)34(32,33)28-14-11-19(12-15-28)25(31)29-13-3-4-23(29)24(30)27-20-7-10-22(26)18(2)16-20/h5-10,16,19,23H,3-4,11-15H2,1-2H3,(H,27,30)/t23-/m1/s1. The van der Waals surface area contributed by atoms with Crippen LogP contribution in [0.25, 0.3) is 0 Å². The average Bonchev–Trinajstić information content (AvgIpc) is 3.31. The van der Waals surface area contributed by atoms with Gasteiger partial charge in [0, 0.05) is 35.7 Å². The lowest BCUT2D eigenvalue weighted by Gasteiger charge is -2.34. The molecule has 2 aliphatic rings. The van der Waals surface area contributed by atoms with E-state index in [0.717, 1.165) is 22.0 Å². The minimum absolute atomic E-state index is 0.0444.